The SMILES string of the molecule is C=N/C(=C\C=C(C)C)Nc1ccc2ncn(-c3ccc(C(C)=O)c(-n4ncc(C#N)c4C)n3)c2c1. The van der Waals surface area contributed by atoms with Gasteiger partial charge < -0.3 is 5.32 Å². The Kier molecular flexibility index (Phi) is 6.38. The van der Waals surface area contributed by atoms with E-state index in [9.17, 15) is 10.1 Å². The number of hydrogen-bond donors (Lipinski definition) is 1. The van der Waals surface area contributed by atoms with E-state index in [0.717, 1.165) is 22.3 Å². The van der Waals surface area contributed by atoms with E-state index in [2.05, 4.69) is 33.2 Å². The average Bonchev–Trinajstić information content (AvgIpc) is 3.43. The molecule has 9 nitrogen and oxygen atoms in total. The zero-order chi connectivity index (χ0) is 25.1. The monoisotopic (exact) mass is 464 g/mol. The summed E-state index contributed by atoms with van der Waals surface area (Å²) in [5.41, 5.74) is 4.97. The summed E-state index contributed by atoms with van der Waals surface area (Å²) in [6.45, 7) is 10.9. The molecule has 0 aliphatic rings. The van der Waals surface area contributed by atoms with Crippen molar-refractivity contribution in [3.05, 3.63) is 83.2 Å². The minimum absolute atomic E-state index is 0.151. The van der Waals surface area contributed by atoms with Gasteiger partial charge in [-0.3, -0.25) is 9.36 Å². The van der Waals surface area contributed by atoms with Crippen molar-refractivity contribution in [1.82, 2.24) is 24.3 Å². The van der Waals surface area contributed by atoms with Crippen LogP contribution in [-0.2, 0) is 0 Å². The highest BCUT2D eigenvalue weighted by Gasteiger charge is 2.18. The summed E-state index contributed by atoms with van der Waals surface area (Å²) in [5.74, 6) is 1.38. The molecule has 0 unspecified atom stereocenters. The second-order valence-electron chi connectivity index (χ2n) is 8.16. The number of ketones is 1. The molecule has 0 aliphatic heterocycles. The normalized spacial score (nSPS) is 11.2. The van der Waals surface area contributed by atoms with Crippen LogP contribution in [-0.4, -0.2) is 36.8 Å². The minimum Gasteiger partial charge on any atom is -0.340 e. The second-order valence-corrected chi connectivity index (χ2v) is 8.16. The third-order valence-electron chi connectivity index (χ3n) is 5.38. The van der Waals surface area contributed by atoms with Crippen molar-refractivity contribution in [2.45, 2.75) is 27.7 Å². The number of fused-ring (bicyclic) bond motifs is 1. The first-order valence-corrected chi connectivity index (χ1v) is 10.9. The van der Waals surface area contributed by atoms with Gasteiger partial charge in [-0.2, -0.15) is 10.4 Å². The van der Waals surface area contributed by atoms with Crippen LogP contribution in [0.3, 0.4) is 0 Å². The Morgan fingerprint density at radius 1 is 1.20 bits per heavy atom. The molecular weight excluding hydrogens is 440 g/mol. The van der Waals surface area contributed by atoms with Gasteiger partial charge in [0.05, 0.1) is 34.1 Å². The standard InChI is InChI=1S/C26H24N8O/c1-16(2)6-10-24(28-5)31-20-7-9-22-23(12-20)33(15-29-22)25-11-8-21(18(4)35)26(32-25)34-17(3)19(13-27)14-30-34/h6-12,14-15,31H,5H2,1-4H3/b24-10+. The third kappa shape index (κ3) is 4.63. The lowest BCUT2D eigenvalue weighted by Gasteiger charge is -2.12. The van der Waals surface area contributed by atoms with Gasteiger partial charge in [0.1, 0.15) is 24.0 Å². The number of benzene rings is 1. The number of nitrogens with zero attached hydrogens (tertiary/aromatic N) is 7. The second kappa shape index (κ2) is 9.57. The molecule has 0 bridgehead atoms. The van der Waals surface area contributed by atoms with Gasteiger partial charge in [0.15, 0.2) is 11.6 Å². The van der Waals surface area contributed by atoms with Crippen LogP contribution in [0, 0.1) is 18.3 Å². The van der Waals surface area contributed by atoms with Gasteiger partial charge in [0.2, 0.25) is 0 Å². The summed E-state index contributed by atoms with van der Waals surface area (Å²) in [5, 5.41) is 16.9. The summed E-state index contributed by atoms with van der Waals surface area (Å²) < 4.78 is 3.35. The molecule has 0 atom stereocenters. The number of hydrogen-bond acceptors (Lipinski definition) is 7. The average molecular weight is 465 g/mol. The van der Waals surface area contributed by atoms with E-state index < -0.39 is 0 Å². The molecule has 0 saturated carbocycles. The number of allylic oxidation sites excluding steroid dienone is 3. The Balaban J connectivity index is 1.81. The van der Waals surface area contributed by atoms with Crippen LogP contribution in [0.5, 0.6) is 0 Å². The number of nitrogens with one attached hydrogen (secondary N) is 1. The topological polar surface area (TPSA) is 114 Å². The highest BCUT2D eigenvalue weighted by atomic mass is 16.1. The van der Waals surface area contributed by atoms with E-state index in [1.54, 1.807) is 25.4 Å². The largest absolute Gasteiger partial charge is 0.340 e. The number of carbonyl (C=O) groups excluding carboxylic acids is 1. The summed E-state index contributed by atoms with van der Waals surface area (Å²) in [6.07, 6.45) is 6.96. The van der Waals surface area contributed by atoms with Crippen molar-refractivity contribution in [2.75, 3.05) is 5.32 Å². The number of aromatic nitrogens is 5. The van der Waals surface area contributed by atoms with Crippen LogP contribution in [0.25, 0.3) is 22.7 Å². The van der Waals surface area contributed by atoms with Crippen molar-refractivity contribution in [3.63, 3.8) is 0 Å². The van der Waals surface area contributed by atoms with Gasteiger partial charge >= 0.3 is 0 Å². The minimum atomic E-state index is -0.151. The van der Waals surface area contributed by atoms with Gasteiger partial charge in [-0.05, 0) is 70.8 Å². The number of Topliss-reactive ketones (excluding diaryl/α,β-unsaturated/α-hetero) is 1. The molecule has 0 aliphatic carbocycles. The number of carbonyl (C=O) groups is 1. The Bertz CT molecular complexity index is 1560. The number of rotatable bonds is 7. The molecule has 1 N–H and O–H groups in total. The van der Waals surface area contributed by atoms with Crippen molar-refractivity contribution >= 4 is 29.2 Å². The van der Waals surface area contributed by atoms with Crippen molar-refractivity contribution in [2.24, 2.45) is 4.99 Å². The number of nitriles is 1. The summed E-state index contributed by atoms with van der Waals surface area (Å²) in [7, 11) is 0. The van der Waals surface area contributed by atoms with Crippen LogP contribution < -0.4 is 5.32 Å². The number of anilines is 1. The van der Waals surface area contributed by atoms with Crippen molar-refractivity contribution in [1.29, 1.82) is 5.26 Å². The highest BCUT2D eigenvalue weighted by Crippen LogP contribution is 2.24. The molecule has 0 saturated heterocycles. The number of imidazole rings is 1. The number of pyridine rings is 1. The molecule has 9 heteroatoms. The quantitative estimate of drug-likeness (QED) is 0.236. The Morgan fingerprint density at radius 2 is 2.00 bits per heavy atom. The Labute approximate surface area is 202 Å². The maximum atomic E-state index is 12.3. The third-order valence-corrected chi connectivity index (χ3v) is 5.38. The molecule has 35 heavy (non-hydrogen) atoms. The van der Waals surface area contributed by atoms with Crippen LogP contribution >= 0.6 is 0 Å². The van der Waals surface area contributed by atoms with Gasteiger partial charge in [-0.1, -0.05) is 11.6 Å². The molecule has 3 heterocycles. The van der Waals surface area contributed by atoms with Crippen molar-refractivity contribution in [3.8, 4) is 17.7 Å². The maximum absolute atomic E-state index is 12.3. The van der Waals surface area contributed by atoms with Gasteiger partial charge in [-0.25, -0.2) is 19.6 Å². The Morgan fingerprint density at radius 3 is 2.66 bits per heavy atom. The first-order valence-electron chi connectivity index (χ1n) is 10.9. The molecule has 4 aromatic rings. The fraction of sp³-hybridized carbons (Fsp3) is 0.154. The van der Waals surface area contributed by atoms with Gasteiger partial charge in [0, 0.05) is 5.69 Å². The molecule has 3 aromatic heterocycles. The fourth-order valence-corrected chi connectivity index (χ4v) is 3.54. The molecule has 0 fully saturated rings. The number of aliphatic imine (C=N–C) groups is 1. The van der Waals surface area contributed by atoms with Crippen molar-refractivity contribution < 1.29 is 4.79 Å². The Hall–Kier alpha value is -4.84. The first-order chi connectivity index (χ1) is 16.8. The van der Waals surface area contributed by atoms with E-state index in [1.165, 1.54) is 17.8 Å². The zero-order valence-electron chi connectivity index (χ0n) is 19.9. The smallest absolute Gasteiger partial charge is 0.166 e. The van der Waals surface area contributed by atoms with E-state index in [-0.39, 0.29) is 5.78 Å². The van der Waals surface area contributed by atoms with Gasteiger partial charge in [0.25, 0.3) is 0 Å². The zero-order valence-corrected chi connectivity index (χ0v) is 19.9. The predicted molar refractivity (Wildman–Crippen MR) is 136 cm³/mol. The summed E-state index contributed by atoms with van der Waals surface area (Å²) in [6, 6.07) is 11.3. The van der Waals surface area contributed by atoms with Crippen LogP contribution in [0.4, 0.5) is 5.69 Å². The van der Waals surface area contributed by atoms with Crippen LogP contribution in [0.15, 0.2) is 71.4 Å². The van der Waals surface area contributed by atoms with Gasteiger partial charge in [-0.15, -0.1) is 0 Å². The lowest BCUT2D eigenvalue weighted by atomic mass is 10.1. The lowest BCUT2D eigenvalue weighted by molar-refractivity contribution is 0.101. The van der Waals surface area contributed by atoms with E-state index >= 15 is 0 Å². The maximum Gasteiger partial charge on any atom is 0.166 e. The molecule has 4 rings (SSSR count). The molecule has 174 valence electrons. The molecular formula is C26H24N8O. The fourth-order valence-electron chi connectivity index (χ4n) is 3.54. The first kappa shape index (κ1) is 23.3. The van der Waals surface area contributed by atoms with E-state index in [0.29, 0.717) is 34.3 Å². The lowest BCUT2D eigenvalue weighted by Crippen LogP contribution is -2.11. The molecule has 0 radical (unpaired) electrons. The molecule has 0 spiro atoms. The summed E-state index contributed by atoms with van der Waals surface area (Å²) >= 11 is 0. The predicted octanol–water partition coefficient (Wildman–Crippen LogP) is 4.91. The highest BCUT2D eigenvalue weighted by molar-refractivity contribution is 5.97. The van der Waals surface area contributed by atoms with E-state index in [1.807, 2.05) is 48.8 Å². The summed E-state index contributed by atoms with van der Waals surface area (Å²) in [4.78, 5) is 25.6. The van der Waals surface area contributed by atoms with Crippen LogP contribution in [0.1, 0.15) is 42.4 Å². The van der Waals surface area contributed by atoms with Crippen LogP contribution in [0.2, 0.25) is 0 Å². The molecule has 0 amide bonds. The molecule has 1 aromatic carbocycles. The van der Waals surface area contributed by atoms with E-state index in [4.69, 9.17) is 4.98 Å².